The van der Waals surface area contributed by atoms with Crippen LogP contribution in [0.15, 0.2) is 48.5 Å². The van der Waals surface area contributed by atoms with Crippen molar-refractivity contribution in [1.29, 1.82) is 0 Å². The minimum atomic E-state index is -1.61. The van der Waals surface area contributed by atoms with Crippen LogP contribution in [0.1, 0.15) is 34.5 Å². The minimum absolute atomic E-state index is 0.0102. The number of piperazine rings is 1. The molecule has 1 fully saturated rings. The van der Waals surface area contributed by atoms with Crippen molar-refractivity contribution in [2.45, 2.75) is 25.4 Å². The summed E-state index contributed by atoms with van der Waals surface area (Å²) in [6.45, 7) is 2.69. The van der Waals surface area contributed by atoms with Crippen molar-refractivity contribution in [3.05, 3.63) is 71.2 Å². The molecule has 2 heterocycles. The molecule has 10 nitrogen and oxygen atoms in total. The standard InChI is InChI=1S/C31H36FN3O7/c1-20-16-22(4-6-23(20)32)30-26(40-2)8-9-28(34-30)31(39,19-35-13-12-33-29(38)18-35)11-10-24(37)21-5-7-25(42-15-14-36)27(17-21)41-3/h4-9,16-17,36,39H,10-15,18-19H2,1-3H3,(H,33,38). The van der Waals surface area contributed by atoms with Gasteiger partial charge in [0.05, 0.1) is 33.1 Å². The zero-order chi connectivity index (χ0) is 30.3. The van der Waals surface area contributed by atoms with Crippen LogP contribution in [-0.4, -0.2) is 85.4 Å². The van der Waals surface area contributed by atoms with E-state index in [4.69, 9.17) is 24.3 Å². The van der Waals surface area contributed by atoms with E-state index in [9.17, 15) is 19.1 Å². The molecule has 11 heteroatoms. The van der Waals surface area contributed by atoms with E-state index in [0.29, 0.717) is 58.4 Å². The summed E-state index contributed by atoms with van der Waals surface area (Å²) in [6, 6.07) is 12.7. The van der Waals surface area contributed by atoms with Gasteiger partial charge in [-0.05, 0) is 67.4 Å². The smallest absolute Gasteiger partial charge is 0.234 e. The molecular weight excluding hydrogens is 545 g/mol. The molecule has 1 unspecified atom stereocenters. The number of amides is 1. The Balaban J connectivity index is 1.66. The second-order valence-electron chi connectivity index (χ2n) is 10.2. The lowest BCUT2D eigenvalue weighted by atomic mass is 9.89. The number of nitrogens with one attached hydrogen (secondary N) is 1. The Hall–Kier alpha value is -4.06. The molecule has 1 aromatic heterocycles. The Kier molecular flexibility index (Phi) is 10.1. The highest BCUT2D eigenvalue weighted by molar-refractivity contribution is 5.96. The largest absolute Gasteiger partial charge is 0.494 e. The molecule has 1 saturated heterocycles. The third-order valence-corrected chi connectivity index (χ3v) is 7.19. The van der Waals surface area contributed by atoms with Gasteiger partial charge in [0.2, 0.25) is 5.91 Å². The number of methoxy groups -OCH3 is 2. The van der Waals surface area contributed by atoms with E-state index in [1.807, 2.05) is 4.90 Å². The van der Waals surface area contributed by atoms with Gasteiger partial charge in [-0.25, -0.2) is 9.37 Å². The molecule has 0 aliphatic carbocycles. The number of aryl methyl sites for hydroxylation is 1. The topological polar surface area (TPSA) is 130 Å². The molecule has 3 N–H and O–H groups in total. The van der Waals surface area contributed by atoms with Crippen molar-refractivity contribution in [3.8, 4) is 28.5 Å². The Bertz CT molecular complexity index is 1430. The molecule has 0 saturated carbocycles. The third-order valence-electron chi connectivity index (χ3n) is 7.19. The SMILES string of the molecule is COc1cc(C(=O)CCC(O)(CN2CCNC(=O)C2)c2ccc(OC)c(-c3ccc(F)c(C)c3)n2)ccc1OCCO. The van der Waals surface area contributed by atoms with E-state index >= 15 is 0 Å². The summed E-state index contributed by atoms with van der Waals surface area (Å²) in [5, 5.41) is 24.0. The number of carbonyl (C=O) groups excluding carboxylic acids is 2. The summed E-state index contributed by atoms with van der Waals surface area (Å²) in [7, 11) is 2.96. The predicted octanol–water partition coefficient (Wildman–Crippen LogP) is 2.87. The van der Waals surface area contributed by atoms with Crippen LogP contribution in [-0.2, 0) is 10.4 Å². The normalized spacial score (nSPS) is 15.0. The first-order valence-electron chi connectivity index (χ1n) is 13.7. The van der Waals surface area contributed by atoms with Crippen LogP contribution in [0.3, 0.4) is 0 Å². The Morgan fingerprint density at radius 3 is 2.55 bits per heavy atom. The van der Waals surface area contributed by atoms with E-state index in [2.05, 4.69) is 5.32 Å². The van der Waals surface area contributed by atoms with Crippen molar-refractivity contribution in [1.82, 2.24) is 15.2 Å². The number of carbonyl (C=O) groups is 2. The molecular formula is C31H36FN3O7. The zero-order valence-corrected chi connectivity index (χ0v) is 24.0. The summed E-state index contributed by atoms with van der Waals surface area (Å²) in [4.78, 5) is 32.0. The fourth-order valence-corrected chi connectivity index (χ4v) is 4.93. The van der Waals surface area contributed by atoms with E-state index in [-0.39, 0.29) is 56.7 Å². The number of β-amino-alcohol motifs (C(OH)–C–C–N with tert-alkyl or cyclic N) is 1. The van der Waals surface area contributed by atoms with Gasteiger partial charge in [-0.2, -0.15) is 0 Å². The number of Topliss-reactive ketones (excluding diaryl/α,β-unsaturated/α-hetero) is 1. The van der Waals surface area contributed by atoms with Crippen LogP contribution in [0.2, 0.25) is 0 Å². The molecule has 0 spiro atoms. The Morgan fingerprint density at radius 2 is 1.86 bits per heavy atom. The average Bonchev–Trinajstić information content (AvgIpc) is 2.99. The molecule has 3 aromatic rings. The molecule has 2 aromatic carbocycles. The summed E-state index contributed by atoms with van der Waals surface area (Å²) in [6.07, 6.45) is -0.0223. The molecule has 1 aliphatic heterocycles. The van der Waals surface area contributed by atoms with Crippen LogP contribution >= 0.6 is 0 Å². The fourth-order valence-electron chi connectivity index (χ4n) is 4.93. The molecule has 224 valence electrons. The summed E-state index contributed by atoms with van der Waals surface area (Å²) in [5.74, 6) is 0.446. The lowest BCUT2D eigenvalue weighted by molar-refractivity contribution is -0.125. The first-order chi connectivity index (χ1) is 20.2. The minimum Gasteiger partial charge on any atom is -0.494 e. The summed E-state index contributed by atoms with van der Waals surface area (Å²) < 4.78 is 30.3. The van der Waals surface area contributed by atoms with E-state index < -0.39 is 5.60 Å². The first-order valence-corrected chi connectivity index (χ1v) is 13.7. The van der Waals surface area contributed by atoms with Gasteiger partial charge in [-0.1, -0.05) is 0 Å². The number of ketones is 1. The van der Waals surface area contributed by atoms with Crippen molar-refractivity contribution in [2.75, 3.05) is 53.6 Å². The summed E-state index contributed by atoms with van der Waals surface area (Å²) in [5.41, 5.74) is 0.515. The monoisotopic (exact) mass is 581 g/mol. The van der Waals surface area contributed by atoms with Crippen molar-refractivity contribution >= 4 is 11.7 Å². The highest BCUT2D eigenvalue weighted by Gasteiger charge is 2.36. The highest BCUT2D eigenvalue weighted by atomic mass is 19.1. The third kappa shape index (κ3) is 7.22. The Labute approximate surface area is 244 Å². The van der Waals surface area contributed by atoms with Gasteiger partial charge in [0, 0.05) is 37.2 Å². The van der Waals surface area contributed by atoms with E-state index in [1.165, 1.54) is 20.3 Å². The lowest BCUT2D eigenvalue weighted by Crippen LogP contribution is -2.52. The number of ether oxygens (including phenoxy) is 3. The molecule has 42 heavy (non-hydrogen) atoms. The fraction of sp³-hybridized carbons (Fsp3) is 0.387. The number of aliphatic hydroxyl groups excluding tert-OH is 1. The van der Waals surface area contributed by atoms with Crippen LogP contribution in [0, 0.1) is 12.7 Å². The maximum absolute atomic E-state index is 14.0. The van der Waals surface area contributed by atoms with E-state index in [0.717, 1.165) is 0 Å². The maximum Gasteiger partial charge on any atom is 0.234 e. The first kappa shape index (κ1) is 30.9. The number of aliphatic hydroxyl groups is 2. The Morgan fingerprint density at radius 1 is 1.10 bits per heavy atom. The molecule has 0 bridgehead atoms. The second-order valence-corrected chi connectivity index (χ2v) is 10.2. The number of hydrogen-bond acceptors (Lipinski definition) is 9. The number of nitrogens with zero attached hydrogens (tertiary/aromatic N) is 2. The van der Waals surface area contributed by atoms with Crippen molar-refractivity contribution in [3.63, 3.8) is 0 Å². The van der Waals surface area contributed by atoms with Gasteiger partial charge in [0.1, 0.15) is 29.5 Å². The maximum atomic E-state index is 14.0. The van der Waals surface area contributed by atoms with Gasteiger partial charge in [-0.3, -0.25) is 14.5 Å². The second kappa shape index (κ2) is 13.7. The van der Waals surface area contributed by atoms with Gasteiger partial charge in [-0.15, -0.1) is 0 Å². The van der Waals surface area contributed by atoms with Gasteiger partial charge in [0.15, 0.2) is 17.3 Å². The zero-order valence-electron chi connectivity index (χ0n) is 24.0. The molecule has 1 amide bonds. The number of pyridine rings is 1. The number of aromatic nitrogens is 1. The van der Waals surface area contributed by atoms with Gasteiger partial charge in [0.25, 0.3) is 0 Å². The van der Waals surface area contributed by atoms with Gasteiger partial charge >= 0.3 is 0 Å². The predicted molar refractivity (Wildman–Crippen MR) is 153 cm³/mol. The van der Waals surface area contributed by atoms with Crippen LogP contribution in [0.5, 0.6) is 17.2 Å². The van der Waals surface area contributed by atoms with Crippen LogP contribution in [0.4, 0.5) is 4.39 Å². The number of hydrogen-bond donors (Lipinski definition) is 3. The molecule has 0 radical (unpaired) electrons. The average molecular weight is 582 g/mol. The van der Waals surface area contributed by atoms with Crippen LogP contribution in [0.25, 0.3) is 11.3 Å². The summed E-state index contributed by atoms with van der Waals surface area (Å²) >= 11 is 0. The number of halogens is 1. The van der Waals surface area contributed by atoms with Gasteiger partial charge < -0.3 is 29.7 Å². The van der Waals surface area contributed by atoms with E-state index in [1.54, 1.807) is 49.4 Å². The molecule has 1 atom stereocenters. The molecule has 1 aliphatic rings. The lowest BCUT2D eigenvalue weighted by Gasteiger charge is -2.36. The van der Waals surface area contributed by atoms with Crippen molar-refractivity contribution < 1.29 is 38.4 Å². The van der Waals surface area contributed by atoms with Crippen LogP contribution < -0.4 is 19.5 Å². The quantitative estimate of drug-likeness (QED) is 0.261. The highest BCUT2D eigenvalue weighted by Crippen LogP contribution is 2.35. The molecule has 4 rings (SSSR count). The van der Waals surface area contributed by atoms with Crippen molar-refractivity contribution in [2.24, 2.45) is 0 Å². The number of benzene rings is 2. The number of rotatable bonds is 13.